The second-order valence-electron chi connectivity index (χ2n) is 7.79. The number of nitrogens with zero attached hydrogens (tertiary/aromatic N) is 1. The van der Waals surface area contributed by atoms with E-state index in [0.29, 0.717) is 22.5 Å². The van der Waals surface area contributed by atoms with Crippen molar-refractivity contribution < 1.29 is 41.7 Å². The first-order valence-electron chi connectivity index (χ1n) is 9.42. The van der Waals surface area contributed by atoms with Gasteiger partial charge in [-0.1, -0.05) is 12.1 Å². The Bertz CT molecular complexity index is 1160. The van der Waals surface area contributed by atoms with Crippen LogP contribution in [0.15, 0.2) is 48.7 Å². The van der Waals surface area contributed by atoms with Crippen LogP contribution >= 0.6 is 11.6 Å². The Morgan fingerprint density at radius 2 is 1.88 bits per heavy atom. The molecule has 0 unspecified atom stereocenters. The molecule has 32 heavy (non-hydrogen) atoms. The predicted molar refractivity (Wildman–Crippen MR) is 112 cm³/mol. The number of carbonyl (C=O) groups is 2. The molecular weight excluding hydrogens is 479 g/mol. The summed E-state index contributed by atoms with van der Waals surface area (Å²) in [6, 6.07) is 10.8. The van der Waals surface area contributed by atoms with Gasteiger partial charge in [0, 0.05) is 65.2 Å². The van der Waals surface area contributed by atoms with E-state index < -0.39 is 11.0 Å². The minimum atomic E-state index is -3.80. The van der Waals surface area contributed by atoms with Crippen molar-refractivity contribution in [1.29, 1.82) is 0 Å². The normalized spacial score (nSPS) is 14.3. The molecule has 1 aliphatic rings. The van der Waals surface area contributed by atoms with Crippen LogP contribution in [0.1, 0.15) is 35.3 Å². The summed E-state index contributed by atoms with van der Waals surface area (Å²) in [4.78, 5) is 25.5. The van der Waals surface area contributed by atoms with Crippen molar-refractivity contribution in [2.75, 3.05) is 5.32 Å². The van der Waals surface area contributed by atoms with Crippen molar-refractivity contribution in [3.05, 3.63) is 65.4 Å². The number of carbonyl (C=O) groups excluding carboxylic acids is 2. The standard InChI is InChI=1S/C22H18ClF2N3O3.V/c1-21(2)19-15(16-7-8-26-28-16)10-13(11-17(19)27-20(21)30)18(29)9-12-3-5-14(6-4-12)31-22(23,24)25;/h3-8,10-11H,9H2,1-2H3,(H,26,28)(H,27,30);. The Morgan fingerprint density at radius 3 is 2.47 bits per heavy atom. The second-order valence-corrected chi connectivity index (χ2v) is 8.23. The maximum atomic E-state index is 13.0. The molecule has 0 fully saturated rings. The van der Waals surface area contributed by atoms with Crippen LogP contribution in [0.2, 0.25) is 0 Å². The second kappa shape index (κ2) is 8.69. The number of hydrogen-bond acceptors (Lipinski definition) is 4. The number of ether oxygens (including phenoxy) is 1. The number of ketones is 1. The first-order valence-corrected chi connectivity index (χ1v) is 9.80. The SMILES string of the molecule is CC1(C)C(=O)Nc2cc(C(=O)Cc3ccc(OC(F)(F)Cl)cc3)cc(-c3ccn[nH]3)c21.[V]. The summed E-state index contributed by atoms with van der Waals surface area (Å²) >= 11 is 4.76. The topological polar surface area (TPSA) is 84.1 Å². The van der Waals surface area contributed by atoms with Crippen LogP contribution in [0.4, 0.5) is 14.5 Å². The summed E-state index contributed by atoms with van der Waals surface area (Å²) in [5.41, 5.74) is -0.757. The molecule has 3 aromatic rings. The maximum absolute atomic E-state index is 13.0. The molecule has 2 aromatic carbocycles. The van der Waals surface area contributed by atoms with Gasteiger partial charge < -0.3 is 10.1 Å². The number of halogens is 3. The number of Topliss-reactive ketones (excluding diaryl/α,β-unsaturated/α-hetero) is 1. The van der Waals surface area contributed by atoms with Gasteiger partial charge in [-0.05, 0) is 49.7 Å². The summed E-state index contributed by atoms with van der Waals surface area (Å²) in [5, 5.41) is 9.72. The molecule has 0 aliphatic carbocycles. The Hall–Kier alpha value is -2.68. The summed E-state index contributed by atoms with van der Waals surface area (Å²) in [6.45, 7) is 3.65. The molecule has 4 rings (SSSR count). The average Bonchev–Trinajstić information content (AvgIpc) is 3.29. The van der Waals surface area contributed by atoms with Crippen LogP contribution < -0.4 is 10.1 Å². The molecule has 0 bridgehead atoms. The van der Waals surface area contributed by atoms with Gasteiger partial charge in [-0.15, -0.1) is 8.78 Å². The number of fused-ring (bicyclic) bond motifs is 1. The fourth-order valence-electron chi connectivity index (χ4n) is 3.68. The number of hydrogen-bond donors (Lipinski definition) is 2. The maximum Gasteiger partial charge on any atom is 0.487 e. The number of alkyl halides is 3. The van der Waals surface area contributed by atoms with Gasteiger partial charge in [0.15, 0.2) is 5.78 Å². The Labute approximate surface area is 199 Å². The first kappa shape index (κ1) is 24.0. The first-order chi connectivity index (χ1) is 14.5. The fraction of sp³-hybridized carbons (Fsp3) is 0.227. The third-order valence-corrected chi connectivity index (χ3v) is 5.29. The Kier molecular flexibility index (Phi) is 6.51. The number of anilines is 1. The molecule has 1 aromatic heterocycles. The predicted octanol–water partition coefficient (Wildman–Crippen LogP) is 4.90. The van der Waals surface area contributed by atoms with Gasteiger partial charge in [0.2, 0.25) is 5.91 Å². The largest absolute Gasteiger partial charge is 0.487 e. The quantitative estimate of drug-likeness (QED) is 0.376. The van der Waals surface area contributed by atoms with Gasteiger partial charge in [0.25, 0.3) is 0 Å². The van der Waals surface area contributed by atoms with Crippen molar-refractivity contribution >= 4 is 29.0 Å². The van der Waals surface area contributed by atoms with Crippen molar-refractivity contribution in [1.82, 2.24) is 10.2 Å². The molecule has 1 amide bonds. The van der Waals surface area contributed by atoms with Gasteiger partial charge in [-0.3, -0.25) is 14.7 Å². The minimum absolute atomic E-state index is 0. The number of aromatic nitrogens is 2. The van der Waals surface area contributed by atoms with E-state index in [2.05, 4.69) is 20.3 Å². The van der Waals surface area contributed by atoms with Crippen molar-refractivity contribution in [3.8, 4) is 17.0 Å². The number of rotatable bonds is 6. The third kappa shape index (κ3) is 4.72. The van der Waals surface area contributed by atoms with E-state index in [9.17, 15) is 18.4 Å². The monoisotopic (exact) mass is 496 g/mol. The number of benzene rings is 2. The van der Waals surface area contributed by atoms with Gasteiger partial charge in [0.05, 0.1) is 11.1 Å². The van der Waals surface area contributed by atoms with Gasteiger partial charge in [-0.25, -0.2) is 0 Å². The Balaban J connectivity index is 0.00000289. The molecule has 1 radical (unpaired) electrons. The van der Waals surface area contributed by atoms with Crippen molar-refractivity contribution in [2.24, 2.45) is 0 Å². The average molecular weight is 497 g/mol. The van der Waals surface area contributed by atoms with E-state index in [4.69, 9.17) is 11.6 Å². The fourth-order valence-corrected chi connectivity index (χ4v) is 3.77. The van der Waals surface area contributed by atoms with Gasteiger partial charge >= 0.3 is 5.57 Å². The smallest absolute Gasteiger partial charge is 0.420 e. The third-order valence-electron chi connectivity index (χ3n) is 5.21. The van der Waals surface area contributed by atoms with E-state index >= 15 is 0 Å². The molecule has 0 spiro atoms. The summed E-state index contributed by atoms with van der Waals surface area (Å²) in [7, 11) is 0. The summed E-state index contributed by atoms with van der Waals surface area (Å²) in [5.74, 6) is -0.460. The zero-order valence-electron chi connectivity index (χ0n) is 17.1. The molecule has 2 heterocycles. The molecule has 0 atom stereocenters. The van der Waals surface area contributed by atoms with Gasteiger partial charge in [0.1, 0.15) is 5.75 Å². The Morgan fingerprint density at radius 1 is 1.19 bits per heavy atom. The van der Waals surface area contributed by atoms with E-state index in [1.165, 1.54) is 24.3 Å². The number of aromatic amines is 1. The van der Waals surface area contributed by atoms with Crippen LogP contribution in [0.3, 0.4) is 0 Å². The number of amides is 1. The number of nitrogens with one attached hydrogen (secondary N) is 2. The molecular formula is C22H18ClF2N3O3V. The molecule has 1 aliphatic heterocycles. The van der Waals surface area contributed by atoms with Crippen LogP contribution in [-0.2, 0) is 35.2 Å². The zero-order valence-corrected chi connectivity index (χ0v) is 19.2. The van der Waals surface area contributed by atoms with Crippen LogP contribution in [0.5, 0.6) is 5.75 Å². The van der Waals surface area contributed by atoms with E-state index in [1.54, 1.807) is 24.4 Å². The molecule has 6 nitrogen and oxygen atoms in total. The minimum Gasteiger partial charge on any atom is -0.420 e. The van der Waals surface area contributed by atoms with E-state index in [1.807, 2.05) is 13.8 Å². The van der Waals surface area contributed by atoms with E-state index in [-0.39, 0.29) is 42.4 Å². The molecule has 165 valence electrons. The van der Waals surface area contributed by atoms with E-state index in [0.717, 1.165) is 11.1 Å². The van der Waals surface area contributed by atoms with Crippen LogP contribution in [-0.4, -0.2) is 27.5 Å². The summed E-state index contributed by atoms with van der Waals surface area (Å²) in [6.07, 6.45) is 1.64. The molecule has 10 heteroatoms. The van der Waals surface area contributed by atoms with Gasteiger partial charge in [-0.2, -0.15) is 5.10 Å². The molecule has 0 saturated carbocycles. The van der Waals surface area contributed by atoms with Crippen molar-refractivity contribution in [3.63, 3.8) is 0 Å². The summed E-state index contributed by atoms with van der Waals surface area (Å²) < 4.78 is 29.8. The van der Waals surface area contributed by atoms with Crippen LogP contribution in [0, 0.1) is 0 Å². The zero-order chi connectivity index (χ0) is 22.4. The molecule has 2 N–H and O–H groups in total. The van der Waals surface area contributed by atoms with Crippen LogP contribution in [0.25, 0.3) is 11.3 Å². The number of H-pyrrole nitrogens is 1. The molecule has 0 saturated heterocycles. The van der Waals surface area contributed by atoms with Crippen molar-refractivity contribution in [2.45, 2.75) is 31.3 Å².